The molecule has 0 unspecified atom stereocenters. The van der Waals surface area contributed by atoms with Gasteiger partial charge in [-0.2, -0.15) is 16.8 Å². The number of ether oxygens (including phenoxy) is 1. The number of methoxy groups -OCH3 is 1. The number of thioether (sulfide) groups is 1. The molecule has 0 saturated heterocycles. The van der Waals surface area contributed by atoms with Crippen molar-refractivity contribution in [3.63, 3.8) is 0 Å². The minimum Gasteiger partial charge on any atom is -0.497 e. The number of aryl methyl sites for hydroxylation is 1. The summed E-state index contributed by atoms with van der Waals surface area (Å²) < 4.78 is 33.9. The molecule has 0 radical (unpaired) electrons. The van der Waals surface area contributed by atoms with Gasteiger partial charge in [0.2, 0.25) is 10.0 Å². The number of amides is 1. The van der Waals surface area contributed by atoms with Crippen molar-refractivity contribution in [2.45, 2.75) is 11.4 Å². The first-order valence-electron chi connectivity index (χ1n) is 9.06. The lowest BCUT2D eigenvalue weighted by Gasteiger charge is -2.11. The number of aromatic nitrogens is 1. The molecule has 0 bridgehead atoms. The Bertz CT molecular complexity index is 1230. The second kappa shape index (κ2) is 9.34. The van der Waals surface area contributed by atoms with E-state index >= 15 is 0 Å². The molecule has 0 atom stereocenters. The molecular weight excluding hydrogens is 442 g/mol. The van der Waals surface area contributed by atoms with Gasteiger partial charge < -0.3 is 9.30 Å². The van der Waals surface area contributed by atoms with Gasteiger partial charge in [-0.05, 0) is 48.7 Å². The average molecular weight is 466 g/mol. The van der Waals surface area contributed by atoms with Crippen molar-refractivity contribution >= 4 is 49.2 Å². The zero-order valence-corrected chi connectivity index (χ0v) is 19.6. The summed E-state index contributed by atoms with van der Waals surface area (Å²) in [6, 6.07) is 11.6. The van der Waals surface area contributed by atoms with Gasteiger partial charge in [0.15, 0.2) is 4.80 Å². The minimum atomic E-state index is -3.54. The molecule has 0 fully saturated rings. The molecule has 0 N–H and O–H groups in total. The Hall–Kier alpha value is -2.14. The molecule has 0 spiro atoms. The fourth-order valence-corrected chi connectivity index (χ4v) is 5.15. The van der Waals surface area contributed by atoms with Crippen LogP contribution >= 0.6 is 23.1 Å². The lowest BCUT2D eigenvalue weighted by molar-refractivity contribution is 0.0997. The Balaban J connectivity index is 2.02. The van der Waals surface area contributed by atoms with E-state index in [1.165, 1.54) is 49.7 Å². The normalized spacial score (nSPS) is 12.6. The molecule has 30 heavy (non-hydrogen) atoms. The number of hydrogen-bond acceptors (Lipinski definition) is 6. The molecule has 1 amide bonds. The van der Waals surface area contributed by atoms with Crippen LogP contribution in [0.2, 0.25) is 0 Å². The SMILES string of the molecule is COc1ccc2c(c1)sc(=NC(=O)c1ccc(S(=O)(=O)N(C)C)cc1)n2CCSC. The Morgan fingerprint density at radius 1 is 1.20 bits per heavy atom. The van der Waals surface area contributed by atoms with Gasteiger partial charge in [0.1, 0.15) is 5.75 Å². The minimum absolute atomic E-state index is 0.132. The van der Waals surface area contributed by atoms with Gasteiger partial charge in [0.05, 0.1) is 22.2 Å². The van der Waals surface area contributed by atoms with Crippen LogP contribution in [0.15, 0.2) is 52.4 Å². The number of nitrogens with zero attached hydrogens (tertiary/aromatic N) is 3. The number of hydrogen-bond donors (Lipinski definition) is 0. The molecule has 2 aromatic carbocycles. The summed E-state index contributed by atoms with van der Waals surface area (Å²) in [7, 11) is 1.00. The predicted molar refractivity (Wildman–Crippen MR) is 122 cm³/mol. The zero-order chi connectivity index (χ0) is 21.9. The van der Waals surface area contributed by atoms with Crippen LogP contribution in [0.25, 0.3) is 10.2 Å². The highest BCUT2D eigenvalue weighted by atomic mass is 32.2. The molecule has 10 heteroatoms. The first kappa shape index (κ1) is 22.5. The number of rotatable bonds is 7. The standard InChI is InChI=1S/C20H23N3O4S3/c1-22(2)30(25,26)16-8-5-14(6-9-16)19(24)21-20-23(11-12-28-4)17-10-7-15(27-3)13-18(17)29-20/h5-10,13H,11-12H2,1-4H3. The van der Waals surface area contributed by atoms with Gasteiger partial charge in [0, 0.05) is 32.0 Å². The first-order chi connectivity index (χ1) is 14.3. The fourth-order valence-electron chi connectivity index (χ4n) is 2.80. The molecule has 3 rings (SSSR count). The van der Waals surface area contributed by atoms with Crippen LogP contribution in [-0.4, -0.2) is 56.4 Å². The maximum absolute atomic E-state index is 12.8. The molecule has 3 aromatic rings. The number of sulfonamides is 1. The molecular formula is C20H23N3O4S3. The van der Waals surface area contributed by atoms with Gasteiger partial charge in [-0.1, -0.05) is 11.3 Å². The van der Waals surface area contributed by atoms with E-state index in [4.69, 9.17) is 4.74 Å². The predicted octanol–water partition coefficient (Wildman–Crippen LogP) is 3.07. The molecule has 0 aliphatic rings. The summed E-state index contributed by atoms with van der Waals surface area (Å²) in [6.45, 7) is 0.722. The number of carbonyl (C=O) groups excluding carboxylic acids is 1. The molecule has 0 saturated carbocycles. The van der Waals surface area contributed by atoms with Gasteiger partial charge in [0.25, 0.3) is 5.91 Å². The zero-order valence-electron chi connectivity index (χ0n) is 17.2. The van der Waals surface area contributed by atoms with Crippen molar-refractivity contribution in [2.75, 3.05) is 33.2 Å². The molecule has 160 valence electrons. The lowest BCUT2D eigenvalue weighted by Crippen LogP contribution is -2.22. The van der Waals surface area contributed by atoms with Gasteiger partial charge >= 0.3 is 0 Å². The maximum atomic E-state index is 12.8. The summed E-state index contributed by atoms with van der Waals surface area (Å²) in [5.41, 5.74) is 1.33. The third-order valence-corrected chi connectivity index (χ3v) is 7.95. The molecule has 1 heterocycles. The fraction of sp³-hybridized carbons (Fsp3) is 0.300. The Labute approximate surface area is 184 Å². The van der Waals surface area contributed by atoms with Crippen molar-refractivity contribution in [1.82, 2.24) is 8.87 Å². The Morgan fingerprint density at radius 3 is 2.50 bits per heavy atom. The van der Waals surface area contributed by atoms with Crippen molar-refractivity contribution in [1.29, 1.82) is 0 Å². The summed E-state index contributed by atoms with van der Waals surface area (Å²) >= 11 is 3.14. The number of benzene rings is 2. The van der Waals surface area contributed by atoms with Crippen LogP contribution in [0.5, 0.6) is 5.75 Å². The lowest BCUT2D eigenvalue weighted by atomic mass is 10.2. The molecule has 1 aromatic heterocycles. The third-order valence-electron chi connectivity index (χ3n) is 4.49. The highest BCUT2D eigenvalue weighted by Crippen LogP contribution is 2.23. The van der Waals surface area contributed by atoms with Crippen LogP contribution in [-0.2, 0) is 16.6 Å². The third kappa shape index (κ3) is 4.61. The van der Waals surface area contributed by atoms with Crippen LogP contribution in [0.3, 0.4) is 0 Å². The summed E-state index contributed by atoms with van der Waals surface area (Å²) in [5, 5.41) is 0. The molecule has 0 aliphatic heterocycles. The van der Waals surface area contributed by atoms with E-state index < -0.39 is 15.9 Å². The van der Waals surface area contributed by atoms with Crippen molar-refractivity contribution in [3.8, 4) is 5.75 Å². The Kier molecular flexibility index (Phi) is 7.02. The van der Waals surface area contributed by atoms with Crippen LogP contribution in [0.4, 0.5) is 0 Å². The van der Waals surface area contributed by atoms with E-state index in [9.17, 15) is 13.2 Å². The van der Waals surface area contributed by atoms with Crippen molar-refractivity contribution < 1.29 is 17.9 Å². The van der Waals surface area contributed by atoms with E-state index in [0.29, 0.717) is 10.4 Å². The molecule has 7 nitrogen and oxygen atoms in total. The smallest absolute Gasteiger partial charge is 0.279 e. The largest absolute Gasteiger partial charge is 0.497 e. The van der Waals surface area contributed by atoms with E-state index in [1.807, 2.05) is 29.0 Å². The average Bonchev–Trinajstić information content (AvgIpc) is 3.07. The van der Waals surface area contributed by atoms with Crippen LogP contribution < -0.4 is 9.54 Å². The van der Waals surface area contributed by atoms with E-state index in [0.717, 1.165) is 32.6 Å². The highest BCUT2D eigenvalue weighted by Gasteiger charge is 2.17. The number of carbonyl (C=O) groups is 1. The number of thiazole rings is 1. The summed E-state index contributed by atoms with van der Waals surface area (Å²) in [4.78, 5) is 17.8. The van der Waals surface area contributed by atoms with Gasteiger partial charge in [-0.25, -0.2) is 12.7 Å². The topological polar surface area (TPSA) is 81.0 Å². The maximum Gasteiger partial charge on any atom is 0.279 e. The van der Waals surface area contributed by atoms with E-state index in [1.54, 1.807) is 18.9 Å². The van der Waals surface area contributed by atoms with Gasteiger partial charge in [-0.15, -0.1) is 0 Å². The Morgan fingerprint density at radius 2 is 1.90 bits per heavy atom. The van der Waals surface area contributed by atoms with Crippen molar-refractivity contribution in [3.05, 3.63) is 52.8 Å². The highest BCUT2D eigenvalue weighted by molar-refractivity contribution is 7.98. The second-order valence-corrected chi connectivity index (χ2v) is 10.7. The van der Waals surface area contributed by atoms with E-state index in [2.05, 4.69) is 4.99 Å². The first-order valence-corrected chi connectivity index (χ1v) is 12.7. The van der Waals surface area contributed by atoms with Crippen LogP contribution in [0.1, 0.15) is 10.4 Å². The van der Waals surface area contributed by atoms with Gasteiger partial charge in [-0.3, -0.25) is 4.79 Å². The van der Waals surface area contributed by atoms with E-state index in [-0.39, 0.29) is 4.90 Å². The quantitative estimate of drug-likeness (QED) is 0.536. The summed E-state index contributed by atoms with van der Waals surface area (Å²) in [5.74, 6) is 1.22. The summed E-state index contributed by atoms with van der Waals surface area (Å²) in [6.07, 6.45) is 2.03. The monoisotopic (exact) mass is 465 g/mol. The number of fused-ring (bicyclic) bond motifs is 1. The molecule has 0 aliphatic carbocycles. The van der Waals surface area contributed by atoms with Crippen molar-refractivity contribution in [2.24, 2.45) is 4.99 Å². The second-order valence-electron chi connectivity index (χ2n) is 6.59. The van der Waals surface area contributed by atoms with Crippen LogP contribution in [0, 0.1) is 0 Å².